The number of methoxy groups -OCH3 is 1. The number of hydrogen-bond donors (Lipinski definition) is 2. The van der Waals surface area contributed by atoms with Crippen LogP contribution in [-0.2, 0) is 9.59 Å². The SMILES string of the molecule is COc1ccc(/C=N\N=C2/NC(=O)[C@@H](CC(=O)Nc3cc(C)ccc3C)S2)cc1. The molecule has 2 N–H and O–H groups in total. The number of carbonyl (C=O) groups is 2. The summed E-state index contributed by atoms with van der Waals surface area (Å²) in [6.07, 6.45) is 1.64. The quantitative estimate of drug-likeness (QED) is 0.565. The van der Waals surface area contributed by atoms with Gasteiger partial charge in [0.25, 0.3) is 0 Å². The van der Waals surface area contributed by atoms with Gasteiger partial charge in [-0.1, -0.05) is 23.9 Å². The van der Waals surface area contributed by atoms with E-state index in [1.807, 2.05) is 56.3 Å². The molecule has 2 aromatic rings. The number of anilines is 1. The number of rotatable bonds is 6. The van der Waals surface area contributed by atoms with Gasteiger partial charge in [-0.25, -0.2) is 0 Å². The number of carbonyl (C=O) groups excluding carboxylic acids is 2. The van der Waals surface area contributed by atoms with E-state index in [0.717, 1.165) is 28.1 Å². The Morgan fingerprint density at radius 2 is 2.00 bits per heavy atom. The van der Waals surface area contributed by atoms with E-state index in [0.29, 0.717) is 5.17 Å². The molecular weight excluding hydrogens is 388 g/mol. The largest absolute Gasteiger partial charge is 0.497 e. The molecule has 29 heavy (non-hydrogen) atoms. The fourth-order valence-corrected chi connectivity index (χ4v) is 3.59. The van der Waals surface area contributed by atoms with Crippen LogP contribution in [0.1, 0.15) is 23.1 Å². The van der Waals surface area contributed by atoms with Gasteiger partial charge in [-0.2, -0.15) is 5.10 Å². The second-order valence-electron chi connectivity index (χ2n) is 6.59. The van der Waals surface area contributed by atoms with Crippen LogP contribution in [0.5, 0.6) is 5.75 Å². The summed E-state index contributed by atoms with van der Waals surface area (Å²) in [5.41, 5.74) is 3.65. The Morgan fingerprint density at radius 3 is 2.72 bits per heavy atom. The molecule has 8 heteroatoms. The van der Waals surface area contributed by atoms with Crippen LogP contribution < -0.4 is 15.4 Å². The second kappa shape index (κ2) is 9.38. The smallest absolute Gasteiger partial charge is 0.240 e. The molecule has 0 aliphatic carbocycles. The molecule has 1 fully saturated rings. The Balaban J connectivity index is 1.56. The van der Waals surface area contributed by atoms with E-state index >= 15 is 0 Å². The van der Waals surface area contributed by atoms with E-state index in [9.17, 15) is 9.59 Å². The van der Waals surface area contributed by atoms with Crippen molar-refractivity contribution in [2.24, 2.45) is 10.2 Å². The van der Waals surface area contributed by atoms with E-state index in [-0.39, 0.29) is 18.2 Å². The zero-order valence-electron chi connectivity index (χ0n) is 16.4. The topological polar surface area (TPSA) is 92.2 Å². The van der Waals surface area contributed by atoms with Gasteiger partial charge >= 0.3 is 0 Å². The predicted molar refractivity (Wildman–Crippen MR) is 117 cm³/mol. The lowest BCUT2D eigenvalue weighted by atomic mass is 10.1. The van der Waals surface area contributed by atoms with Crippen molar-refractivity contribution in [3.63, 3.8) is 0 Å². The second-order valence-corrected chi connectivity index (χ2v) is 7.78. The van der Waals surface area contributed by atoms with Crippen LogP contribution in [0.3, 0.4) is 0 Å². The molecule has 0 saturated carbocycles. The number of nitrogens with zero attached hydrogens (tertiary/aromatic N) is 2. The highest BCUT2D eigenvalue weighted by Gasteiger charge is 2.32. The Morgan fingerprint density at radius 1 is 1.24 bits per heavy atom. The normalized spacial score (nSPS) is 17.6. The van der Waals surface area contributed by atoms with Crippen molar-refractivity contribution in [3.05, 3.63) is 59.2 Å². The highest BCUT2D eigenvalue weighted by molar-refractivity contribution is 8.15. The van der Waals surface area contributed by atoms with E-state index in [4.69, 9.17) is 4.74 Å². The Hall–Kier alpha value is -3.13. The Bertz CT molecular complexity index is 970. The minimum absolute atomic E-state index is 0.0606. The van der Waals surface area contributed by atoms with E-state index < -0.39 is 5.25 Å². The predicted octanol–water partition coefficient (Wildman–Crippen LogP) is 3.26. The molecule has 0 unspecified atom stereocenters. The molecule has 1 saturated heterocycles. The first-order valence-corrected chi connectivity index (χ1v) is 9.92. The van der Waals surface area contributed by atoms with Gasteiger partial charge in [-0.05, 0) is 60.9 Å². The summed E-state index contributed by atoms with van der Waals surface area (Å²) in [7, 11) is 1.60. The van der Waals surface area contributed by atoms with E-state index in [1.165, 1.54) is 11.8 Å². The molecule has 3 rings (SSSR count). The number of hydrogen-bond acceptors (Lipinski definition) is 6. The molecule has 1 heterocycles. The lowest BCUT2D eigenvalue weighted by molar-refractivity contribution is -0.122. The van der Waals surface area contributed by atoms with Gasteiger partial charge in [-0.3, -0.25) is 9.59 Å². The van der Waals surface area contributed by atoms with E-state index in [1.54, 1.807) is 13.3 Å². The van der Waals surface area contributed by atoms with Gasteiger partial charge in [0.1, 0.15) is 11.0 Å². The summed E-state index contributed by atoms with van der Waals surface area (Å²) in [6, 6.07) is 13.2. The monoisotopic (exact) mass is 410 g/mol. The van der Waals surface area contributed by atoms with Crippen LogP contribution in [-0.4, -0.2) is 35.6 Å². The average molecular weight is 410 g/mol. The summed E-state index contributed by atoms with van der Waals surface area (Å²) in [4.78, 5) is 24.5. The summed E-state index contributed by atoms with van der Waals surface area (Å²) in [5.74, 6) is 0.299. The van der Waals surface area contributed by atoms with Crippen LogP contribution in [0.25, 0.3) is 0 Å². The van der Waals surface area contributed by atoms with Crippen LogP contribution in [0.4, 0.5) is 5.69 Å². The zero-order chi connectivity index (χ0) is 20.8. The van der Waals surface area contributed by atoms with Crippen molar-refractivity contribution in [1.29, 1.82) is 0 Å². The molecule has 2 aromatic carbocycles. The van der Waals surface area contributed by atoms with Crippen LogP contribution in [0.15, 0.2) is 52.7 Å². The molecule has 1 aliphatic heterocycles. The van der Waals surface area contributed by atoms with Crippen molar-refractivity contribution in [2.75, 3.05) is 12.4 Å². The minimum atomic E-state index is -0.532. The number of nitrogens with one attached hydrogen (secondary N) is 2. The lowest BCUT2D eigenvalue weighted by Crippen LogP contribution is -2.28. The lowest BCUT2D eigenvalue weighted by Gasteiger charge is -2.10. The maximum absolute atomic E-state index is 12.4. The zero-order valence-corrected chi connectivity index (χ0v) is 17.2. The van der Waals surface area contributed by atoms with Crippen molar-refractivity contribution in [2.45, 2.75) is 25.5 Å². The molecule has 0 spiro atoms. The number of amides is 2. The maximum Gasteiger partial charge on any atom is 0.240 e. The van der Waals surface area contributed by atoms with Gasteiger partial charge in [0.2, 0.25) is 11.8 Å². The molecule has 0 radical (unpaired) electrons. The molecule has 0 bridgehead atoms. The Kier molecular flexibility index (Phi) is 6.66. The van der Waals surface area contributed by atoms with Gasteiger partial charge in [0, 0.05) is 12.1 Å². The fourth-order valence-electron chi connectivity index (χ4n) is 2.66. The van der Waals surface area contributed by atoms with Crippen molar-refractivity contribution in [3.8, 4) is 5.75 Å². The average Bonchev–Trinajstić information content (AvgIpc) is 3.04. The highest BCUT2D eigenvalue weighted by atomic mass is 32.2. The third-order valence-corrected chi connectivity index (χ3v) is 5.36. The molecule has 2 amide bonds. The van der Waals surface area contributed by atoms with Crippen molar-refractivity contribution >= 4 is 40.6 Å². The summed E-state index contributed by atoms with van der Waals surface area (Å²) in [6.45, 7) is 3.89. The molecule has 1 aliphatic rings. The first-order chi connectivity index (χ1) is 13.9. The number of thioether (sulfide) groups is 1. The van der Waals surface area contributed by atoms with Gasteiger partial charge < -0.3 is 15.4 Å². The summed E-state index contributed by atoms with van der Waals surface area (Å²) < 4.78 is 5.10. The highest BCUT2D eigenvalue weighted by Crippen LogP contribution is 2.24. The maximum atomic E-state index is 12.4. The van der Waals surface area contributed by atoms with E-state index in [2.05, 4.69) is 20.8 Å². The van der Waals surface area contributed by atoms with Crippen LogP contribution in [0, 0.1) is 13.8 Å². The van der Waals surface area contributed by atoms with Gasteiger partial charge in [0.05, 0.1) is 13.3 Å². The first-order valence-electron chi connectivity index (χ1n) is 9.04. The summed E-state index contributed by atoms with van der Waals surface area (Å²) in [5, 5.41) is 13.4. The number of aryl methyl sites for hydroxylation is 2. The molecule has 150 valence electrons. The first kappa shape index (κ1) is 20.6. The Labute approximate surface area is 173 Å². The standard InChI is InChI=1S/C21H22N4O3S/c1-13-4-5-14(2)17(10-13)23-19(26)11-18-20(27)24-21(29-18)25-22-12-15-6-8-16(28-3)9-7-15/h4-10,12,18H,11H2,1-3H3,(H,23,26)(H,24,25,27)/b22-12-/t18-/m1/s1. The van der Waals surface area contributed by atoms with Crippen LogP contribution >= 0.6 is 11.8 Å². The third kappa shape index (κ3) is 5.68. The minimum Gasteiger partial charge on any atom is -0.497 e. The molecule has 1 atom stereocenters. The molecule has 7 nitrogen and oxygen atoms in total. The third-order valence-electron chi connectivity index (χ3n) is 4.29. The number of amidine groups is 1. The van der Waals surface area contributed by atoms with Crippen LogP contribution in [0.2, 0.25) is 0 Å². The number of benzene rings is 2. The summed E-state index contributed by atoms with van der Waals surface area (Å²) >= 11 is 1.20. The number of ether oxygens (including phenoxy) is 1. The van der Waals surface area contributed by atoms with Gasteiger partial charge in [-0.15, -0.1) is 5.10 Å². The fraction of sp³-hybridized carbons (Fsp3) is 0.238. The van der Waals surface area contributed by atoms with Gasteiger partial charge in [0.15, 0.2) is 5.17 Å². The van der Waals surface area contributed by atoms with Crippen molar-refractivity contribution < 1.29 is 14.3 Å². The molecule has 0 aromatic heterocycles. The molecular formula is C21H22N4O3S. The van der Waals surface area contributed by atoms with Crippen molar-refractivity contribution in [1.82, 2.24) is 5.32 Å².